The van der Waals surface area contributed by atoms with Gasteiger partial charge in [-0.1, -0.05) is 18.2 Å². The summed E-state index contributed by atoms with van der Waals surface area (Å²) >= 11 is 0. The topological polar surface area (TPSA) is 88.3 Å². The summed E-state index contributed by atoms with van der Waals surface area (Å²) < 4.78 is 5.20. The van der Waals surface area contributed by atoms with Crippen molar-refractivity contribution in [1.82, 2.24) is 9.97 Å². The number of hydrogen-bond acceptors (Lipinski definition) is 6. The minimum atomic E-state index is -0.674. The Hall–Kier alpha value is -3.22. The average Bonchev–Trinajstić information content (AvgIpc) is 2.68. The van der Waals surface area contributed by atoms with Gasteiger partial charge in [0.15, 0.2) is 0 Å². The third-order valence-corrected chi connectivity index (χ3v) is 4.42. The molecule has 1 N–H and O–H groups in total. The predicted octanol–water partition coefficient (Wildman–Crippen LogP) is 2.83. The molecule has 7 nitrogen and oxygen atoms in total. The normalized spacial score (nSPS) is 14.4. The number of anilines is 2. The van der Waals surface area contributed by atoms with Crippen molar-refractivity contribution in [3.8, 4) is 0 Å². The number of piperidine rings is 1. The highest BCUT2D eigenvalue weighted by atomic mass is 16.4. The van der Waals surface area contributed by atoms with E-state index in [0.29, 0.717) is 22.6 Å². The predicted molar refractivity (Wildman–Crippen MR) is 98.5 cm³/mol. The smallest absolute Gasteiger partial charge is 0.349 e. The van der Waals surface area contributed by atoms with E-state index in [1.807, 2.05) is 6.07 Å². The van der Waals surface area contributed by atoms with Gasteiger partial charge in [-0.3, -0.25) is 4.79 Å². The first-order valence-corrected chi connectivity index (χ1v) is 8.62. The van der Waals surface area contributed by atoms with Gasteiger partial charge in [-0.15, -0.1) is 0 Å². The van der Waals surface area contributed by atoms with Gasteiger partial charge in [-0.05, 0) is 31.4 Å². The maximum Gasteiger partial charge on any atom is 0.349 e. The first-order valence-electron chi connectivity index (χ1n) is 8.62. The van der Waals surface area contributed by atoms with E-state index in [9.17, 15) is 9.59 Å². The molecule has 1 saturated heterocycles. The monoisotopic (exact) mass is 350 g/mol. The largest absolute Gasteiger partial charge is 0.422 e. The molecule has 1 aromatic carbocycles. The second-order valence-corrected chi connectivity index (χ2v) is 6.26. The highest BCUT2D eigenvalue weighted by Gasteiger charge is 2.16. The van der Waals surface area contributed by atoms with Gasteiger partial charge >= 0.3 is 5.63 Å². The van der Waals surface area contributed by atoms with E-state index < -0.39 is 11.5 Å². The number of nitrogens with zero attached hydrogens (tertiary/aromatic N) is 3. The molecule has 1 fully saturated rings. The number of carbonyl (C=O) groups is 1. The molecule has 0 saturated carbocycles. The maximum atomic E-state index is 12.4. The molecule has 0 aliphatic carbocycles. The van der Waals surface area contributed by atoms with E-state index in [2.05, 4.69) is 20.2 Å². The van der Waals surface area contributed by atoms with Gasteiger partial charge in [0.05, 0.1) is 18.1 Å². The molecule has 1 amide bonds. The van der Waals surface area contributed by atoms with Gasteiger partial charge in [-0.25, -0.2) is 14.8 Å². The van der Waals surface area contributed by atoms with Crippen LogP contribution in [0.2, 0.25) is 0 Å². The van der Waals surface area contributed by atoms with Crippen LogP contribution in [-0.4, -0.2) is 29.0 Å². The first kappa shape index (κ1) is 16.3. The Bertz CT molecular complexity index is 992. The van der Waals surface area contributed by atoms with Crippen molar-refractivity contribution in [2.45, 2.75) is 19.3 Å². The molecule has 1 aliphatic heterocycles. The highest BCUT2D eigenvalue weighted by molar-refractivity contribution is 6.05. The van der Waals surface area contributed by atoms with E-state index in [-0.39, 0.29) is 5.56 Å². The molecular weight excluding hydrogens is 332 g/mol. The lowest BCUT2D eigenvalue weighted by Crippen LogP contribution is -2.31. The Morgan fingerprint density at radius 1 is 1.08 bits per heavy atom. The van der Waals surface area contributed by atoms with E-state index in [0.717, 1.165) is 25.9 Å². The number of para-hydroxylation sites is 1. The molecule has 0 unspecified atom stereocenters. The molecule has 0 radical (unpaired) electrons. The molecule has 0 spiro atoms. The summed E-state index contributed by atoms with van der Waals surface area (Å²) in [5, 5.41) is 3.34. The molecule has 0 bridgehead atoms. The van der Waals surface area contributed by atoms with Gasteiger partial charge in [-0.2, -0.15) is 0 Å². The van der Waals surface area contributed by atoms with E-state index in [1.54, 1.807) is 30.6 Å². The lowest BCUT2D eigenvalue weighted by atomic mass is 10.1. The lowest BCUT2D eigenvalue weighted by Gasteiger charge is -2.26. The summed E-state index contributed by atoms with van der Waals surface area (Å²) in [4.78, 5) is 35.3. The maximum absolute atomic E-state index is 12.4. The number of carbonyl (C=O) groups excluding carboxylic acids is 1. The number of hydrogen-bond donors (Lipinski definition) is 1. The summed E-state index contributed by atoms with van der Waals surface area (Å²) in [7, 11) is 0. The third kappa shape index (κ3) is 3.28. The zero-order valence-electron chi connectivity index (χ0n) is 14.1. The van der Waals surface area contributed by atoms with Crippen LogP contribution in [0.5, 0.6) is 0 Å². The van der Waals surface area contributed by atoms with Gasteiger partial charge < -0.3 is 14.6 Å². The molecule has 3 aromatic rings. The molecule has 132 valence electrons. The Labute approximate surface area is 149 Å². The van der Waals surface area contributed by atoms with E-state index in [4.69, 9.17) is 4.42 Å². The number of nitrogens with one attached hydrogen (secondary N) is 1. The van der Waals surface area contributed by atoms with Crippen molar-refractivity contribution in [3.05, 3.63) is 58.7 Å². The van der Waals surface area contributed by atoms with Crippen molar-refractivity contribution in [2.24, 2.45) is 0 Å². The molecule has 1 aliphatic rings. The third-order valence-electron chi connectivity index (χ3n) is 4.42. The standard InChI is InChI=1S/C19H18N4O3/c24-17(15-10-13-6-2-3-7-16(13)26-18(15)25)22-14-11-20-19(21-12-14)23-8-4-1-5-9-23/h2-3,6-7,10-12H,1,4-5,8-9H2,(H,22,24). The van der Waals surface area contributed by atoms with Crippen molar-refractivity contribution >= 4 is 28.5 Å². The lowest BCUT2D eigenvalue weighted by molar-refractivity contribution is 0.102. The van der Waals surface area contributed by atoms with Gasteiger partial charge in [0.1, 0.15) is 11.1 Å². The van der Waals surface area contributed by atoms with Gasteiger partial charge in [0.25, 0.3) is 5.91 Å². The molecule has 4 rings (SSSR count). The first-order chi connectivity index (χ1) is 12.7. The minimum absolute atomic E-state index is 0.0520. The zero-order chi connectivity index (χ0) is 17.9. The van der Waals surface area contributed by atoms with Crippen LogP contribution in [0.1, 0.15) is 29.6 Å². The van der Waals surface area contributed by atoms with Crippen LogP contribution in [0.15, 0.2) is 51.9 Å². The molecule has 3 heterocycles. The Kier molecular flexibility index (Phi) is 4.35. The SMILES string of the molecule is O=C(Nc1cnc(N2CCCCC2)nc1)c1cc2ccccc2oc1=O. The molecule has 7 heteroatoms. The van der Waals surface area contributed by atoms with Crippen molar-refractivity contribution in [2.75, 3.05) is 23.3 Å². The fraction of sp³-hybridized carbons (Fsp3) is 0.263. The van der Waals surface area contributed by atoms with Crippen LogP contribution >= 0.6 is 0 Å². The number of benzene rings is 1. The number of aromatic nitrogens is 2. The van der Waals surface area contributed by atoms with Crippen LogP contribution in [0.4, 0.5) is 11.6 Å². The second-order valence-electron chi connectivity index (χ2n) is 6.26. The summed E-state index contributed by atoms with van der Waals surface area (Å²) in [6, 6.07) is 8.58. The summed E-state index contributed by atoms with van der Waals surface area (Å²) in [5.74, 6) is 0.117. The van der Waals surface area contributed by atoms with Gasteiger partial charge in [0.2, 0.25) is 5.95 Å². The van der Waals surface area contributed by atoms with Crippen LogP contribution in [0.25, 0.3) is 11.0 Å². The van der Waals surface area contributed by atoms with Crippen LogP contribution < -0.4 is 15.8 Å². The van der Waals surface area contributed by atoms with Crippen molar-refractivity contribution in [3.63, 3.8) is 0 Å². The van der Waals surface area contributed by atoms with Crippen LogP contribution in [-0.2, 0) is 0 Å². The van der Waals surface area contributed by atoms with Crippen molar-refractivity contribution < 1.29 is 9.21 Å². The number of amides is 1. The van der Waals surface area contributed by atoms with Crippen molar-refractivity contribution in [1.29, 1.82) is 0 Å². The Balaban J connectivity index is 1.52. The molecule has 2 aromatic heterocycles. The summed E-state index contributed by atoms with van der Waals surface area (Å²) in [6.45, 7) is 1.90. The fourth-order valence-electron chi connectivity index (χ4n) is 3.06. The zero-order valence-corrected chi connectivity index (χ0v) is 14.1. The van der Waals surface area contributed by atoms with Crippen LogP contribution in [0.3, 0.4) is 0 Å². The number of fused-ring (bicyclic) bond motifs is 1. The fourth-order valence-corrected chi connectivity index (χ4v) is 3.06. The van der Waals surface area contributed by atoms with E-state index >= 15 is 0 Å². The Morgan fingerprint density at radius 3 is 2.58 bits per heavy atom. The molecule has 26 heavy (non-hydrogen) atoms. The summed E-state index contributed by atoms with van der Waals surface area (Å²) in [6.07, 6.45) is 6.62. The molecular formula is C19H18N4O3. The summed E-state index contributed by atoms with van der Waals surface area (Å²) in [5.41, 5.74) is 0.155. The van der Waals surface area contributed by atoms with Gasteiger partial charge in [0, 0.05) is 18.5 Å². The minimum Gasteiger partial charge on any atom is -0.422 e. The van der Waals surface area contributed by atoms with E-state index in [1.165, 1.54) is 12.5 Å². The highest BCUT2D eigenvalue weighted by Crippen LogP contribution is 2.17. The average molecular weight is 350 g/mol. The second kappa shape index (κ2) is 6.95. The molecule has 0 atom stereocenters. The Morgan fingerprint density at radius 2 is 1.81 bits per heavy atom. The van der Waals surface area contributed by atoms with Crippen LogP contribution in [0, 0.1) is 0 Å². The quantitative estimate of drug-likeness (QED) is 0.731. The number of rotatable bonds is 3.